The summed E-state index contributed by atoms with van der Waals surface area (Å²) in [5.74, 6) is -0.247. The number of nitrogens with zero attached hydrogens (tertiary/aromatic N) is 1. The second kappa shape index (κ2) is 5.30. The molecule has 2 rings (SSSR count). The van der Waals surface area contributed by atoms with Gasteiger partial charge in [-0.15, -0.1) is 0 Å². The van der Waals surface area contributed by atoms with Crippen molar-refractivity contribution in [1.82, 2.24) is 10.0 Å². The number of hydrogen-bond acceptors (Lipinski definition) is 6. The molecule has 0 saturated carbocycles. The van der Waals surface area contributed by atoms with Crippen molar-refractivity contribution in [2.75, 3.05) is 12.3 Å². The molecular weight excluding hydrogens is 300 g/mol. The summed E-state index contributed by atoms with van der Waals surface area (Å²) in [5, 5.41) is 13.4. The lowest BCUT2D eigenvalue weighted by Crippen LogP contribution is -2.36. The van der Waals surface area contributed by atoms with Crippen LogP contribution < -0.4 is 15.8 Å². The number of sulfonamides is 1. The number of aryl methyl sites for hydroxylation is 1. The summed E-state index contributed by atoms with van der Waals surface area (Å²) in [6, 6.07) is 1.60. The number of benzene rings is 1. The van der Waals surface area contributed by atoms with E-state index < -0.39 is 26.7 Å². The highest BCUT2D eigenvalue weighted by atomic mass is 32.2. The number of hydrogen-bond donors (Lipinski definition) is 3. The van der Waals surface area contributed by atoms with E-state index in [0.29, 0.717) is 5.56 Å². The normalized spacial score (nSPS) is 18.5. The van der Waals surface area contributed by atoms with Crippen molar-refractivity contribution in [3.63, 3.8) is 0 Å². The molecule has 1 heterocycles. The van der Waals surface area contributed by atoms with Crippen LogP contribution in [0.1, 0.15) is 12.0 Å². The maximum Gasteiger partial charge on any atom is 0.293 e. The number of amides is 1. The van der Waals surface area contributed by atoms with Gasteiger partial charge in [0.05, 0.1) is 9.82 Å². The lowest BCUT2D eigenvalue weighted by atomic mass is 10.2. The zero-order valence-corrected chi connectivity index (χ0v) is 11.9. The minimum absolute atomic E-state index is 0.0370. The Hall–Kier alpha value is -2.20. The highest BCUT2D eigenvalue weighted by molar-refractivity contribution is 7.89. The van der Waals surface area contributed by atoms with E-state index >= 15 is 0 Å². The van der Waals surface area contributed by atoms with Crippen LogP contribution in [0.4, 0.5) is 11.4 Å². The van der Waals surface area contributed by atoms with Crippen LogP contribution in [0.3, 0.4) is 0 Å². The molecule has 1 fully saturated rings. The number of nitrogen functional groups attached to an aromatic ring is 1. The molecule has 21 heavy (non-hydrogen) atoms. The molecule has 10 heteroatoms. The quantitative estimate of drug-likeness (QED) is 0.393. The van der Waals surface area contributed by atoms with E-state index in [4.69, 9.17) is 5.73 Å². The smallest absolute Gasteiger partial charge is 0.293 e. The summed E-state index contributed by atoms with van der Waals surface area (Å²) in [5.41, 5.74) is 5.23. The van der Waals surface area contributed by atoms with Gasteiger partial charge in [-0.1, -0.05) is 0 Å². The van der Waals surface area contributed by atoms with Gasteiger partial charge in [-0.3, -0.25) is 14.9 Å². The lowest BCUT2D eigenvalue weighted by Gasteiger charge is -2.13. The molecule has 0 radical (unpaired) electrons. The van der Waals surface area contributed by atoms with Crippen molar-refractivity contribution in [2.45, 2.75) is 24.3 Å². The molecular formula is C11H14N4O5S. The Kier molecular flexibility index (Phi) is 3.83. The minimum Gasteiger partial charge on any atom is -0.393 e. The maximum atomic E-state index is 12.3. The number of nitro benzene ring substituents is 1. The molecule has 114 valence electrons. The standard InChI is InChI=1S/C11H14N4O5S/c1-6-2-8(12)9(15(17)18)4-10(6)21(19,20)14-7-3-11(16)13-5-7/h2,4,7,14H,3,5,12H2,1H3,(H,13,16). The molecule has 1 unspecified atom stereocenters. The van der Waals surface area contributed by atoms with Crippen LogP contribution in [0.2, 0.25) is 0 Å². The zero-order chi connectivity index (χ0) is 15.8. The average molecular weight is 314 g/mol. The Balaban J connectivity index is 2.37. The number of nitrogens with two attached hydrogens (primary N) is 1. The van der Waals surface area contributed by atoms with E-state index in [2.05, 4.69) is 10.0 Å². The largest absolute Gasteiger partial charge is 0.393 e. The second-order valence-corrected chi connectivity index (χ2v) is 6.44. The monoisotopic (exact) mass is 314 g/mol. The van der Waals surface area contributed by atoms with Crippen LogP contribution in [-0.4, -0.2) is 31.8 Å². The lowest BCUT2D eigenvalue weighted by molar-refractivity contribution is -0.384. The van der Waals surface area contributed by atoms with E-state index in [9.17, 15) is 23.3 Å². The summed E-state index contributed by atoms with van der Waals surface area (Å²) >= 11 is 0. The Morgan fingerprint density at radius 2 is 2.14 bits per heavy atom. The Bertz CT molecular complexity index is 716. The van der Waals surface area contributed by atoms with Crippen molar-refractivity contribution in [3.05, 3.63) is 27.8 Å². The van der Waals surface area contributed by atoms with E-state index in [1.807, 2.05) is 0 Å². The predicted octanol–water partition coefficient (Wildman–Crippen LogP) is -0.348. The Labute approximate surface area is 120 Å². The summed E-state index contributed by atoms with van der Waals surface area (Å²) in [7, 11) is -3.97. The van der Waals surface area contributed by atoms with Crippen LogP contribution in [0.15, 0.2) is 17.0 Å². The van der Waals surface area contributed by atoms with Gasteiger partial charge in [-0.25, -0.2) is 13.1 Å². The molecule has 1 aromatic rings. The number of rotatable bonds is 4. The van der Waals surface area contributed by atoms with Crippen LogP contribution in [-0.2, 0) is 14.8 Å². The molecule has 1 aliphatic rings. The molecule has 1 aromatic carbocycles. The van der Waals surface area contributed by atoms with E-state index in [1.165, 1.54) is 13.0 Å². The fraction of sp³-hybridized carbons (Fsp3) is 0.364. The number of carbonyl (C=O) groups is 1. The number of carbonyl (C=O) groups excluding carboxylic acids is 1. The SMILES string of the molecule is Cc1cc(N)c([N+](=O)[O-])cc1S(=O)(=O)NC1CNC(=O)C1. The van der Waals surface area contributed by atoms with Gasteiger partial charge in [0, 0.05) is 25.1 Å². The topological polar surface area (TPSA) is 144 Å². The number of anilines is 1. The van der Waals surface area contributed by atoms with E-state index in [0.717, 1.165) is 6.07 Å². The highest BCUT2D eigenvalue weighted by Gasteiger charge is 2.29. The molecule has 1 atom stereocenters. The van der Waals surface area contributed by atoms with Gasteiger partial charge in [-0.2, -0.15) is 0 Å². The molecule has 0 aromatic heterocycles. The van der Waals surface area contributed by atoms with E-state index in [-0.39, 0.29) is 29.5 Å². The summed E-state index contributed by atoms with van der Waals surface area (Å²) in [6.45, 7) is 1.68. The number of nitrogens with one attached hydrogen (secondary N) is 2. The van der Waals surface area contributed by atoms with Crippen molar-refractivity contribution in [2.24, 2.45) is 0 Å². The van der Waals surface area contributed by atoms with Crippen LogP contribution in [0, 0.1) is 17.0 Å². The van der Waals surface area contributed by atoms with Crippen molar-refractivity contribution < 1.29 is 18.1 Å². The minimum atomic E-state index is -3.97. The van der Waals surface area contributed by atoms with Gasteiger partial charge in [0.2, 0.25) is 15.9 Å². The summed E-state index contributed by atoms with van der Waals surface area (Å²) in [4.78, 5) is 21.0. The third-order valence-corrected chi connectivity index (χ3v) is 4.77. The molecule has 4 N–H and O–H groups in total. The van der Waals surface area contributed by atoms with Crippen LogP contribution in [0.25, 0.3) is 0 Å². The molecule has 1 saturated heterocycles. The van der Waals surface area contributed by atoms with Gasteiger partial charge in [0.25, 0.3) is 5.69 Å². The van der Waals surface area contributed by atoms with Crippen molar-refractivity contribution >= 4 is 27.3 Å². The van der Waals surface area contributed by atoms with Gasteiger partial charge < -0.3 is 11.1 Å². The highest BCUT2D eigenvalue weighted by Crippen LogP contribution is 2.28. The molecule has 0 spiro atoms. The Morgan fingerprint density at radius 1 is 1.48 bits per heavy atom. The average Bonchev–Trinajstić information content (AvgIpc) is 2.72. The van der Waals surface area contributed by atoms with E-state index in [1.54, 1.807) is 0 Å². The fourth-order valence-corrected chi connectivity index (χ4v) is 3.60. The molecule has 1 amide bonds. The predicted molar refractivity (Wildman–Crippen MR) is 74.0 cm³/mol. The summed E-state index contributed by atoms with van der Waals surface area (Å²) in [6.07, 6.45) is 0.0370. The van der Waals surface area contributed by atoms with Crippen molar-refractivity contribution in [3.8, 4) is 0 Å². The molecule has 0 bridgehead atoms. The van der Waals surface area contributed by atoms with Gasteiger partial charge in [-0.05, 0) is 18.6 Å². The maximum absolute atomic E-state index is 12.3. The second-order valence-electron chi connectivity index (χ2n) is 4.76. The van der Waals surface area contributed by atoms with Crippen LogP contribution >= 0.6 is 0 Å². The fourth-order valence-electron chi connectivity index (χ4n) is 2.12. The van der Waals surface area contributed by atoms with Crippen LogP contribution in [0.5, 0.6) is 0 Å². The number of nitro groups is 1. The zero-order valence-electron chi connectivity index (χ0n) is 11.1. The first-order valence-electron chi connectivity index (χ1n) is 6.04. The first kappa shape index (κ1) is 15.2. The first-order valence-corrected chi connectivity index (χ1v) is 7.52. The van der Waals surface area contributed by atoms with Gasteiger partial charge >= 0.3 is 0 Å². The van der Waals surface area contributed by atoms with Gasteiger partial charge in [0.1, 0.15) is 5.69 Å². The third kappa shape index (κ3) is 3.11. The van der Waals surface area contributed by atoms with Gasteiger partial charge in [0.15, 0.2) is 0 Å². The van der Waals surface area contributed by atoms with Crippen molar-refractivity contribution in [1.29, 1.82) is 0 Å². The third-order valence-electron chi connectivity index (χ3n) is 3.11. The first-order chi connectivity index (χ1) is 9.70. The summed E-state index contributed by atoms with van der Waals surface area (Å²) < 4.78 is 26.9. The molecule has 9 nitrogen and oxygen atoms in total. The molecule has 1 aliphatic heterocycles. The molecule has 0 aliphatic carbocycles. The Morgan fingerprint density at radius 3 is 2.67 bits per heavy atom.